The zero-order chi connectivity index (χ0) is 15.6. The Labute approximate surface area is 138 Å². The third kappa shape index (κ3) is 3.33. The summed E-state index contributed by atoms with van der Waals surface area (Å²) in [4.78, 5) is 23.6. The second-order valence-electron chi connectivity index (χ2n) is 4.36. The molecule has 2 aromatic rings. The molecule has 0 aliphatic heterocycles. The molecule has 6 heteroatoms. The molecule has 0 aliphatic carbocycles. The number of rotatable bonds is 3. The van der Waals surface area contributed by atoms with Crippen LogP contribution in [-0.4, -0.2) is 17.0 Å². The minimum atomic E-state index is -1.10. The Kier molecular flexibility index (Phi) is 4.80. The number of carbonyl (C=O) groups excluding carboxylic acids is 1. The average Bonchev–Trinajstić information content (AvgIpc) is 2.43. The quantitative estimate of drug-likeness (QED) is 0.781. The number of hydrogen-bond donors (Lipinski definition) is 2. The first-order valence-corrected chi connectivity index (χ1v) is 7.58. The summed E-state index contributed by atoms with van der Waals surface area (Å²) in [6, 6.07) is 10.0. The Morgan fingerprint density at radius 1 is 1.05 bits per heavy atom. The first-order valence-electron chi connectivity index (χ1n) is 6.00. The standard InChI is InChI=1S/C15H11Br2NO3/c1-8-4-2-5-9(12(8)17)14(19)18-13-10(15(20)21)6-3-7-11(13)16/h2-7H,1H3,(H,18,19)(H,20,21). The van der Waals surface area contributed by atoms with E-state index in [2.05, 4.69) is 37.2 Å². The molecule has 1 amide bonds. The summed E-state index contributed by atoms with van der Waals surface area (Å²) in [5.74, 6) is -1.48. The Morgan fingerprint density at radius 2 is 1.67 bits per heavy atom. The van der Waals surface area contributed by atoms with E-state index in [-0.39, 0.29) is 17.2 Å². The van der Waals surface area contributed by atoms with Gasteiger partial charge >= 0.3 is 5.97 Å². The van der Waals surface area contributed by atoms with Crippen LogP contribution in [0.15, 0.2) is 45.3 Å². The van der Waals surface area contributed by atoms with Crippen LogP contribution in [0.2, 0.25) is 0 Å². The number of amides is 1. The summed E-state index contributed by atoms with van der Waals surface area (Å²) >= 11 is 6.63. The number of aryl methyl sites for hydroxylation is 1. The number of carboxylic acids is 1. The van der Waals surface area contributed by atoms with Crippen LogP contribution in [0.1, 0.15) is 26.3 Å². The second-order valence-corrected chi connectivity index (χ2v) is 6.01. The van der Waals surface area contributed by atoms with Crippen molar-refractivity contribution in [2.45, 2.75) is 6.92 Å². The van der Waals surface area contributed by atoms with Crippen LogP contribution in [0.25, 0.3) is 0 Å². The summed E-state index contributed by atoms with van der Waals surface area (Å²) < 4.78 is 1.20. The van der Waals surface area contributed by atoms with Gasteiger partial charge in [-0.25, -0.2) is 4.79 Å². The van der Waals surface area contributed by atoms with Gasteiger partial charge < -0.3 is 10.4 Å². The lowest BCUT2D eigenvalue weighted by Gasteiger charge is -2.12. The number of benzene rings is 2. The molecule has 0 radical (unpaired) electrons. The Balaban J connectivity index is 2.41. The molecule has 0 aromatic heterocycles. The molecule has 2 N–H and O–H groups in total. The van der Waals surface area contributed by atoms with Gasteiger partial charge in [0, 0.05) is 8.95 Å². The molecule has 108 valence electrons. The first-order chi connectivity index (χ1) is 9.91. The van der Waals surface area contributed by atoms with Crippen LogP contribution in [0.4, 0.5) is 5.69 Å². The normalized spacial score (nSPS) is 10.2. The van der Waals surface area contributed by atoms with Crippen molar-refractivity contribution >= 4 is 49.4 Å². The number of anilines is 1. The molecule has 21 heavy (non-hydrogen) atoms. The smallest absolute Gasteiger partial charge is 0.337 e. The van der Waals surface area contributed by atoms with Crippen molar-refractivity contribution in [1.29, 1.82) is 0 Å². The molecule has 0 aliphatic rings. The number of halogens is 2. The molecular weight excluding hydrogens is 402 g/mol. The van der Waals surface area contributed by atoms with Crippen LogP contribution in [-0.2, 0) is 0 Å². The topological polar surface area (TPSA) is 66.4 Å². The maximum Gasteiger partial charge on any atom is 0.337 e. The predicted octanol–water partition coefficient (Wildman–Crippen LogP) is 4.47. The fourth-order valence-electron chi connectivity index (χ4n) is 1.83. The lowest BCUT2D eigenvalue weighted by Crippen LogP contribution is -2.16. The molecule has 0 unspecified atom stereocenters. The number of para-hydroxylation sites is 1. The molecule has 4 nitrogen and oxygen atoms in total. The van der Waals surface area contributed by atoms with Gasteiger partial charge in [-0.1, -0.05) is 18.2 Å². The van der Waals surface area contributed by atoms with Gasteiger partial charge in [-0.05, 0) is 62.5 Å². The van der Waals surface area contributed by atoms with Crippen LogP contribution < -0.4 is 5.32 Å². The highest BCUT2D eigenvalue weighted by atomic mass is 79.9. The van der Waals surface area contributed by atoms with E-state index in [1.165, 1.54) is 6.07 Å². The van der Waals surface area contributed by atoms with E-state index >= 15 is 0 Å². The lowest BCUT2D eigenvalue weighted by molar-refractivity contribution is 0.0698. The molecule has 0 fully saturated rings. The van der Waals surface area contributed by atoms with E-state index in [1.807, 2.05) is 13.0 Å². The first kappa shape index (κ1) is 15.7. The van der Waals surface area contributed by atoms with Crippen molar-refractivity contribution in [2.75, 3.05) is 5.32 Å². The van der Waals surface area contributed by atoms with Gasteiger partial charge in [0.15, 0.2) is 0 Å². The molecule has 0 saturated heterocycles. The minimum Gasteiger partial charge on any atom is -0.478 e. The summed E-state index contributed by atoms with van der Waals surface area (Å²) in [6.07, 6.45) is 0. The highest BCUT2D eigenvalue weighted by Crippen LogP contribution is 2.28. The van der Waals surface area contributed by atoms with Crippen LogP contribution in [0.3, 0.4) is 0 Å². The van der Waals surface area contributed by atoms with Crippen LogP contribution >= 0.6 is 31.9 Å². The maximum absolute atomic E-state index is 12.4. The third-order valence-corrected chi connectivity index (χ3v) is 4.63. The van der Waals surface area contributed by atoms with Crippen LogP contribution in [0.5, 0.6) is 0 Å². The summed E-state index contributed by atoms with van der Waals surface area (Å²) in [5.41, 5.74) is 1.64. The second kappa shape index (κ2) is 6.41. The number of nitrogens with one attached hydrogen (secondary N) is 1. The van der Waals surface area contributed by atoms with E-state index in [4.69, 9.17) is 0 Å². The Hall–Kier alpha value is -1.66. The predicted molar refractivity (Wildman–Crippen MR) is 87.9 cm³/mol. The summed E-state index contributed by atoms with van der Waals surface area (Å²) in [7, 11) is 0. The van der Waals surface area contributed by atoms with Gasteiger partial charge in [0.2, 0.25) is 0 Å². The van der Waals surface area contributed by atoms with Gasteiger partial charge in [0.05, 0.1) is 16.8 Å². The fourth-order valence-corrected chi connectivity index (χ4v) is 2.74. The highest BCUT2D eigenvalue weighted by Gasteiger charge is 2.17. The van der Waals surface area contributed by atoms with E-state index in [9.17, 15) is 14.7 Å². The Bertz CT molecular complexity index is 729. The van der Waals surface area contributed by atoms with Crippen molar-refractivity contribution in [3.8, 4) is 0 Å². The van der Waals surface area contributed by atoms with Crippen LogP contribution in [0, 0.1) is 6.92 Å². The van der Waals surface area contributed by atoms with Crippen molar-refractivity contribution in [3.63, 3.8) is 0 Å². The molecule has 0 bridgehead atoms. The van der Waals surface area contributed by atoms with Gasteiger partial charge in [-0.3, -0.25) is 4.79 Å². The fraction of sp³-hybridized carbons (Fsp3) is 0.0667. The van der Waals surface area contributed by atoms with Crippen molar-refractivity contribution in [3.05, 3.63) is 62.0 Å². The van der Waals surface area contributed by atoms with Gasteiger partial charge in [-0.2, -0.15) is 0 Å². The number of hydrogen-bond acceptors (Lipinski definition) is 2. The van der Waals surface area contributed by atoms with E-state index in [1.54, 1.807) is 24.3 Å². The van der Waals surface area contributed by atoms with E-state index < -0.39 is 5.97 Å². The number of carboxylic acid groups (broad SMARTS) is 1. The van der Waals surface area contributed by atoms with E-state index in [0.717, 1.165) is 5.56 Å². The third-order valence-electron chi connectivity index (χ3n) is 2.92. The van der Waals surface area contributed by atoms with Crippen molar-refractivity contribution < 1.29 is 14.7 Å². The SMILES string of the molecule is Cc1cccc(C(=O)Nc2c(Br)cccc2C(=O)O)c1Br. The summed E-state index contributed by atoms with van der Waals surface area (Å²) in [5, 5.41) is 11.8. The molecule has 2 rings (SSSR count). The van der Waals surface area contributed by atoms with Gasteiger partial charge in [0.1, 0.15) is 0 Å². The number of aromatic carboxylic acids is 1. The minimum absolute atomic E-state index is 0.0292. The van der Waals surface area contributed by atoms with Gasteiger partial charge in [-0.15, -0.1) is 0 Å². The molecule has 2 aromatic carbocycles. The van der Waals surface area contributed by atoms with E-state index in [0.29, 0.717) is 14.5 Å². The maximum atomic E-state index is 12.4. The summed E-state index contributed by atoms with van der Waals surface area (Å²) in [6.45, 7) is 1.88. The zero-order valence-corrected chi connectivity index (χ0v) is 14.2. The Morgan fingerprint density at radius 3 is 2.33 bits per heavy atom. The van der Waals surface area contributed by atoms with Crippen molar-refractivity contribution in [2.24, 2.45) is 0 Å². The molecule has 0 atom stereocenters. The lowest BCUT2D eigenvalue weighted by atomic mass is 10.1. The zero-order valence-electron chi connectivity index (χ0n) is 11.0. The average molecular weight is 413 g/mol. The van der Waals surface area contributed by atoms with Crippen molar-refractivity contribution in [1.82, 2.24) is 0 Å². The van der Waals surface area contributed by atoms with Gasteiger partial charge in [0.25, 0.3) is 5.91 Å². The molecule has 0 saturated carbocycles. The number of carbonyl (C=O) groups is 2. The molecule has 0 spiro atoms. The largest absolute Gasteiger partial charge is 0.478 e. The molecular formula is C15H11Br2NO3. The monoisotopic (exact) mass is 411 g/mol. The molecule has 0 heterocycles. The highest BCUT2D eigenvalue weighted by molar-refractivity contribution is 9.11.